The molecule has 2 aliphatic heterocycles. The normalized spacial score (nSPS) is 18.3. The first-order chi connectivity index (χ1) is 15.1. The van der Waals surface area contributed by atoms with Crippen LogP contribution in [0.4, 0.5) is 39.7 Å². The summed E-state index contributed by atoms with van der Waals surface area (Å²) in [5.74, 6) is -0.893. The summed E-state index contributed by atoms with van der Waals surface area (Å²) in [5, 5.41) is 11.7. The lowest BCUT2D eigenvalue weighted by Gasteiger charge is -2.35. The van der Waals surface area contributed by atoms with Gasteiger partial charge in [-0.15, -0.1) is 0 Å². The van der Waals surface area contributed by atoms with Crippen molar-refractivity contribution in [3.05, 3.63) is 42.0 Å². The van der Waals surface area contributed by atoms with Gasteiger partial charge in [0.05, 0.1) is 17.9 Å². The second-order valence-electron chi connectivity index (χ2n) is 7.61. The van der Waals surface area contributed by atoms with Crippen molar-refractivity contribution in [1.29, 1.82) is 0 Å². The predicted molar refractivity (Wildman–Crippen MR) is 106 cm³/mol. The zero-order valence-electron chi connectivity index (χ0n) is 16.6. The van der Waals surface area contributed by atoms with Gasteiger partial charge in [-0.3, -0.25) is 15.0 Å². The molecule has 4 rings (SSSR count). The number of Topliss-reactive ketones (excluding diaryl/α,β-unsaturated/α-hetero) is 1. The van der Waals surface area contributed by atoms with E-state index in [2.05, 4.69) is 15.3 Å². The molecule has 2 atom stereocenters. The Morgan fingerprint density at radius 2 is 2.03 bits per heavy atom. The summed E-state index contributed by atoms with van der Waals surface area (Å²) in [6.45, 7) is 1.23. The average Bonchev–Trinajstić information content (AvgIpc) is 3.16. The number of aromatic nitrogens is 2. The minimum atomic E-state index is -4.81. The summed E-state index contributed by atoms with van der Waals surface area (Å²) in [5.41, 5.74) is 0.520. The smallest absolute Gasteiger partial charge is 0.384 e. The fourth-order valence-corrected chi connectivity index (χ4v) is 3.81. The van der Waals surface area contributed by atoms with E-state index in [9.17, 15) is 27.2 Å². The lowest BCUT2D eigenvalue weighted by molar-refractivity contribution is -0.204. The van der Waals surface area contributed by atoms with E-state index in [1.807, 2.05) is 4.90 Å². The molecule has 8 nitrogen and oxygen atoms in total. The molecule has 12 heteroatoms. The first-order valence-electron chi connectivity index (χ1n) is 9.89. The van der Waals surface area contributed by atoms with Crippen LogP contribution >= 0.6 is 0 Å². The van der Waals surface area contributed by atoms with Gasteiger partial charge in [-0.05, 0) is 37.1 Å². The highest BCUT2D eigenvalue weighted by molar-refractivity contribution is 6.05. The molecule has 2 bridgehead atoms. The first kappa shape index (κ1) is 21.9. The molecule has 0 aliphatic carbocycles. The molecule has 2 aromatic rings. The lowest BCUT2D eigenvalue weighted by atomic mass is 10.1. The molecule has 0 saturated carbocycles. The molecule has 170 valence electrons. The van der Waals surface area contributed by atoms with Gasteiger partial charge in [-0.25, -0.2) is 19.2 Å². The summed E-state index contributed by atoms with van der Waals surface area (Å²) in [6, 6.07) is 4.66. The number of rotatable bonds is 5. The molecule has 0 unspecified atom stereocenters. The van der Waals surface area contributed by atoms with Gasteiger partial charge >= 0.3 is 12.2 Å². The molecule has 0 spiro atoms. The van der Waals surface area contributed by atoms with Crippen molar-refractivity contribution in [2.24, 2.45) is 0 Å². The van der Waals surface area contributed by atoms with Crippen LogP contribution in [0.25, 0.3) is 0 Å². The van der Waals surface area contributed by atoms with Gasteiger partial charge < -0.3 is 10.0 Å². The van der Waals surface area contributed by atoms with Crippen LogP contribution in [0, 0.1) is 5.82 Å². The molecular formula is C20H19F4N5O3. The molecule has 2 aromatic heterocycles. The number of aliphatic hydroxyl groups excluding tert-OH is 1. The summed E-state index contributed by atoms with van der Waals surface area (Å²) < 4.78 is 50.6. The van der Waals surface area contributed by atoms with Gasteiger partial charge in [-0.2, -0.15) is 13.2 Å². The van der Waals surface area contributed by atoms with E-state index < -0.39 is 42.8 Å². The highest BCUT2D eigenvalue weighted by Gasteiger charge is 2.41. The number of urea groups is 1. The van der Waals surface area contributed by atoms with Crippen molar-refractivity contribution < 1.29 is 32.3 Å². The fourth-order valence-electron chi connectivity index (χ4n) is 3.81. The Balaban J connectivity index is 1.56. The van der Waals surface area contributed by atoms with E-state index in [4.69, 9.17) is 5.11 Å². The van der Waals surface area contributed by atoms with Crippen molar-refractivity contribution in [2.75, 3.05) is 28.2 Å². The number of hydrogen-bond donors (Lipinski definition) is 2. The minimum absolute atomic E-state index is 0.0988. The third-order valence-electron chi connectivity index (χ3n) is 5.44. The number of alkyl halides is 3. The number of nitrogens with zero attached hydrogens (tertiary/aromatic N) is 4. The number of ketones is 1. The van der Waals surface area contributed by atoms with Crippen LogP contribution < -0.4 is 15.1 Å². The summed E-state index contributed by atoms with van der Waals surface area (Å²) in [7, 11) is 0. The third kappa shape index (κ3) is 4.35. The zero-order chi connectivity index (χ0) is 23.0. The Hall–Kier alpha value is -3.28. The summed E-state index contributed by atoms with van der Waals surface area (Å²) in [4.78, 5) is 36.9. The van der Waals surface area contributed by atoms with Gasteiger partial charge in [0.1, 0.15) is 23.4 Å². The Morgan fingerprint density at radius 3 is 2.72 bits per heavy atom. The number of halogens is 4. The SMILES string of the molecule is O=C(CC[C@@H](O)C(F)(F)F)c1ccc2c(n1)N(C(=O)Nc1ccc(F)cn1)[C@H]1CCN2C1. The number of anilines is 3. The Kier molecular flexibility index (Phi) is 5.71. The minimum Gasteiger partial charge on any atom is -0.384 e. The fraction of sp³-hybridized carbons (Fsp3) is 0.400. The van der Waals surface area contributed by atoms with Crippen molar-refractivity contribution in [2.45, 2.75) is 37.6 Å². The second-order valence-corrected chi connectivity index (χ2v) is 7.61. The van der Waals surface area contributed by atoms with Crippen molar-refractivity contribution >= 4 is 29.1 Å². The number of amides is 2. The van der Waals surface area contributed by atoms with E-state index in [-0.39, 0.29) is 23.4 Å². The maximum absolute atomic E-state index is 13.1. The van der Waals surface area contributed by atoms with Gasteiger partial charge in [-0.1, -0.05) is 0 Å². The van der Waals surface area contributed by atoms with Crippen LogP contribution in [0.3, 0.4) is 0 Å². The molecule has 4 heterocycles. The molecule has 0 radical (unpaired) electrons. The molecule has 2 N–H and O–H groups in total. The number of pyridine rings is 2. The zero-order valence-corrected chi connectivity index (χ0v) is 16.6. The van der Waals surface area contributed by atoms with Crippen LogP contribution in [0.15, 0.2) is 30.5 Å². The number of aliphatic hydroxyl groups is 1. The van der Waals surface area contributed by atoms with Gasteiger partial charge in [0, 0.05) is 19.5 Å². The van der Waals surface area contributed by atoms with Crippen molar-refractivity contribution in [3.8, 4) is 0 Å². The highest BCUT2D eigenvalue weighted by Crippen LogP contribution is 2.39. The largest absolute Gasteiger partial charge is 0.414 e. The first-order valence-corrected chi connectivity index (χ1v) is 9.89. The quantitative estimate of drug-likeness (QED) is 0.533. The Bertz CT molecular complexity index is 1030. The van der Waals surface area contributed by atoms with E-state index >= 15 is 0 Å². The van der Waals surface area contributed by atoms with Gasteiger partial charge in [0.15, 0.2) is 11.6 Å². The van der Waals surface area contributed by atoms with Gasteiger partial charge in [0.25, 0.3) is 0 Å². The Morgan fingerprint density at radius 1 is 1.25 bits per heavy atom. The number of nitrogens with one attached hydrogen (secondary N) is 1. The van der Waals surface area contributed by atoms with E-state index in [1.54, 1.807) is 6.07 Å². The topological polar surface area (TPSA) is 98.7 Å². The Labute approximate surface area is 179 Å². The van der Waals surface area contributed by atoms with Crippen LogP contribution in [0.2, 0.25) is 0 Å². The number of carbonyl (C=O) groups is 2. The number of fused-ring (bicyclic) bond motifs is 4. The van der Waals surface area contributed by atoms with Gasteiger partial charge in [0.2, 0.25) is 0 Å². The van der Waals surface area contributed by atoms with Crippen LogP contribution in [0.5, 0.6) is 0 Å². The monoisotopic (exact) mass is 453 g/mol. The number of hydrogen-bond acceptors (Lipinski definition) is 6. The predicted octanol–water partition coefficient (Wildman–Crippen LogP) is 3.13. The van der Waals surface area contributed by atoms with Crippen LogP contribution in [0.1, 0.15) is 29.8 Å². The van der Waals surface area contributed by atoms with E-state index in [1.165, 1.54) is 17.0 Å². The molecule has 1 fully saturated rings. The molecule has 0 aromatic carbocycles. The molecule has 1 saturated heterocycles. The van der Waals surface area contributed by atoms with Crippen molar-refractivity contribution in [3.63, 3.8) is 0 Å². The van der Waals surface area contributed by atoms with Crippen LogP contribution in [-0.4, -0.2) is 58.3 Å². The van der Waals surface area contributed by atoms with Crippen LogP contribution in [-0.2, 0) is 0 Å². The second kappa shape index (κ2) is 8.34. The standard InChI is InChI=1S/C20H19F4N5O3/c21-11-1-6-17(25-9-11)27-19(32)29-12-7-8-28(10-12)14-3-2-13(26-18(14)29)15(30)4-5-16(31)20(22,23)24/h1-3,6,9,12,16,31H,4-5,7-8,10H2,(H,25,27,32)/t12-,16+/m0/s1. The maximum atomic E-state index is 13.1. The molecular weight excluding hydrogens is 434 g/mol. The third-order valence-corrected chi connectivity index (χ3v) is 5.44. The van der Waals surface area contributed by atoms with E-state index in [0.717, 1.165) is 12.3 Å². The maximum Gasteiger partial charge on any atom is 0.414 e. The van der Waals surface area contributed by atoms with E-state index in [0.29, 0.717) is 25.2 Å². The highest BCUT2D eigenvalue weighted by atomic mass is 19.4. The van der Waals surface area contributed by atoms with Crippen molar-refractivity contribution in [1.82, 2.24) is 9.97 Å². The summed E-state index contributed by atoms with van der Waals surface area (Å²) in [6.07, 6.45) is -7.12. The molecule has 32 heavy (non-hydrogen) atoms. The molecule has 2 amide bonds. The lowest BCUT2D eigenvalue weighted by Crippen LogP contribution is -2.48. The molecule has 2 aliphatic rings. The average molecular weight is 453 g/mol. The number of carbonyl (C=O) groups excluding carboxylic acids is 2. The summed E-state index contributed by atoms with van der Waals surface area (Å²) >= 11 is 0.